The van der Waals surface area contributed by atoms with Gasteiger partial charge in [0.2, 0.25) is 0 Å². The first-order valence-electron chi connectivity index (χ1n) is 6.78. The first-order chi connectivity index (χ1) is 10.6. The molecule has 0 aliphatic carbocycles. The molecule has 4 heteroatoms. The molecule has 0 aromatic heterocycles. The first kappa shape index (κ1) is 15.3. The number of carbonyl (C=O) groups excluding carboxylic acids is 1. The molecule has 0 saturated carbocycles. The lowest BCUT2D eigenvalue weighted by Gasteiger charge is -2.12. The third kappa shape index (κ3) is 3.97. The molecule has 4 nitrogen and oxygen atoms in total. The van der Waals surface area contributed by atoms with Crippen LogP contribution >= 0.6 is 0 Å². The Hall–Kier alpha value is -3.06. The van der Waals surface area contributed by atoms with Crippen LogP contribution in [0.3, 0.4) is 0 Å². The molecule has 1 N–H and O–H groups in total. The minimum absolute atomic E-state index is 0.200. The van der Waals surface area contributed by atoms with Gasteiger partial charge in [-0.05, 0) is 36.3 Å². The van der Waals surface area contributed by atoms with Crippen molar-refractivity contribution in [2.45, 2.75) is 13.5 Å². The number of nitriles is 1. The van der Waals surface area contributed by atoms with E-state index in [2.05, 4.69) is 18.0 Å². The molecule has 2 aromatic rings. The van der Waals surface area contributed by atoms with E-state index in [1.165, 1.54) is 0 Å². The summed E-state index contributed by atoms with van der Waals surface area (Å²) in [7, 11) is 0. The Balaban J connectivity index is 2.05. The molecule has 2 aromatic carbocycles. The summed E-state index contributed by atoms with van der Waals surface area (Å²) in [6.07, 6.45) is -0.545. The fourth-order valence-electron chi connectivity index (χ4n) is 1.95. The van der Waals surface area contributed by atoms with Crippen molar-refractivity contribution in [3.05, 3.63) is 71.8 Å². The standard InChI is InChI=1S/C18H16N2O2/c1-13(2)16-10-15(11-19)8-9-17(16)20-18(21)22-12-14-6-4-3-5-7-14/h3-10H,1,12H2,2H3,(H,20,21). The fraction of sp³-hybridized carbons (Fsp3) is 0.111. The molecule has 1 amide bonds. The van der Waals surface area contributed by atoms with Gasteiger partial charge in [0.05, 0.1) is 17.3 Å². The van der Waals surface area contributed by atoms with Crippen molar-refractivity contribution in [2.75, 3.05) is 5.32 Å². The van der Waals surface area contributed by atoms with E-state index < -0.39 is 6.09 Å². The van der Waals surface area contributed by atoms with Crippen molar-refractivity contribution in [1.29, 1.82) is 5.26 Å². The van der Waals surface area contributed by atoms with Crippen molar-refractivity contribution in [3.63, 3.8) is 0 Å². The Kier molecular flexibility index (Phi) is 4.94. The number of allylic oxidation sites excluding steroid dienone is 1. The summed E-state index contributed by atoms with van der Waals surface area (Å²) >= 11 is 0. The predicted molar refractivity (Wildman–Crippen MR) is 86.1 cm³/mol. The van der Waals surface area contributed by atoms with E-state index in [4.69, 9.17) is 10.00 Å². The van der Waals surface area contributed by atoms with Gasteiger partial charge in [-0.25, -0.2) is 4.79 Å². The molecule has 22 heavy (non-hydrogen) atoms. The van der Waals surface area contributed by atoms with Gasteiger partial charge >= 0.3 is 6.09 Å². The predicted octanol–water partition coefficient (Wildman–Crippen LogP) is 4.34. The van der Waals surface area contributed by atoms with Gasteiger partial charge in [0, 0.05) is 5.56 Å². The molecule has 110 valence electrons. The Bertz CT molecular complexity index is 730. The fourth-order valence-corrected chi connectivity index (χ4v) is 1.95. The third-order valence-electron chi connectivity index (χ3n) is 3.06. The number of hydrogen-bond acceptors (Lipinski definition) is 3. The van der Waals surface area contributed by atoms with Gasteiger partial charge in [0.1, 0.15) is 6.61 Å². The van der Waals surface area contributed by atoms with Crippen LogP contribution in [0.25, 0.3) is 5.57 Å². The Morgan fingerprint density at radius 2 is 2.00 bits per heavy atom. The van der Waals surface area contributed by atoms with E-state index in [-0.39, 0.29) is 6.61 Å². The molecule has 0 aliphatic rings. The minimum atomic E-state index is -0.545. The van der Waals surface area contributed by atoms with E-state index in [1.54, 1.807) is 18.2 Å². The second kappa shape index (κ2) is 7.09. The Labute approximate surface area is 129 Å². The minimum Gasteiger partial charge on any atom is -0.444 e. The third-order valence-corrected chi connectivity index (χ3v) is 3.06. The molecule has 0 aliphatic heterocycles. The van der Waals surface area contributed by atoms with Gasteiger partial charge in [-0.3, -0.25) is 5.32 Å². The van der Waals surface area contributed by atoms with Crippen LogP contribution in [0.1, 0.15) is 23.6 Å². The van der Waals surface area contributed by atoms with Crippen molar-refractivity contribution in [2.24, 2.45) is 0 Å². The molecular formula is C18H16N2O2. The van der Waals surface area contributed by atoms with Crippen LogP contribution < -0.4 is 5.32 Å². The summed E-state index contributed by atoms with van der Waals surface area (Å²) in [5, 5.41) is 11.6. The molecule has 0 heterocycles. The molecule has 0 unspecified atom stereocenters. The van der Waals surface area contributed by atoms with Gasteiger partial charge in [-0.1, -0.05) is 36.9 Å². The Morgan fingerprint density at radius 3 is 2.64 bits per heavy atom. The monoisotopic (exact) mass is 292 g/mol. The van der Waals surface area contributed by atoms with Crippen LogP contribution in [0, 0.1) is 11.3 Å². The number of carbonyl (C=O) groups is 1. The average molecular weight is 292 g/mol. The number of nitrogens with zero attached hydrogens (tertiary/aromatic N) is 1. The summed E-state index contributed by atoms with van der Waals surface area (Å²) in [5.74, 6) is 0. The number of hydrogen-bond donors (Lipinski definition) is 1. The number of rotatable bonds is 4. The molecule has 0 bridgehead atoms. The molecule has 0 saturated heterocycles. The molecule has 0 atom stereocenters. The number of ether oxygens (including phenoxy) is 1. The largest absolute Gasteiger partial charge is 0.444 e. The summed E-state index contributed by atoms with van der Waals surface area (Å²) < 4.78 is 5.18. The van der Waals surface area contributed by atoms with Gasteiger partial charge in [0.15, 0.2) is 0 Å². The van der Waals surface area contributed by atoms with Crippen molar-refractivity contribution in [1.82, 2.24) is 0 Å². The lowest BCUT2D eigenvalue weighted by molar-refractivity contribution is 0.155. The molecular weight excluding hydrogens is 276 g/mol. The van der Waals surface area contributed by atoms with E-state index in [9.17, 15) is 4.79 Å². The quantitative estimate of drug-likeness (QED) is 0.911. The SMILES string of the molecule is C=C(C)c1cc(C#N)ccc1NC(=O)OCc1ccccc1. The Morgan fingerprint density at radius 1 is 1.27 bits per heavy atom. The van der Waals surface area contributed by atoms with E-state index in [0.29, 0.717) is 11.3 Å². The molecule has 0 fully saturated rings. The van der Waals surface area contributed by atoms with E-state index >= 15 is 0 Å². The highest BCUT2D eigenvalue weighted by Crippen LogP contribution is 2.24. The number of nitrogens with one attached hydrogen (secondary N) is 1. The molecule has 0 radical (unpaired) electrons. The van der Waals surface area contributed by atoms with Crippen LogP contribution in [-0.2, 0) is 11.3 Å². The van der Waals surface area contributed by atoms with Gasteiger partial charge in [0.25, 0.3) is 0 Å². The van der Waals surface area contributed by atoms with Crippen molar-refractivity contribution >= 4 is 17.4 Å². The summed E-state index contributed by atoms with van der Waals surface area (Å²) in [5.41, 5.74) is 3.48. The zero-order valence-corrected chi connectivity index (χ0v) is 12.3. The van der Waals surface area contributed by atoms with Gasteiger partial charge < -0.3 is 4.74 Å². The zero-order chi connectivity index (χ0) is 15.9. The normalized spacial score (nSPS) is 9.64. The van der Waals surface area contributed by atoms with Gasteiger partial charge in [-0.2, -0.15) is 5.26 Å². The van der Waals surface area contributed by atoms with Crippen LogP contribution in [-0.4, -0.2) is 6.09 Å². The molecule has 0 spiro atoms. The second-order valence-electron chi connectivity index (χ2n) is 4.84. The van der Waals surface area contributed by atoms with Gasteiger partial charge in [-0.15, -0.1) is 0 Å². The lowest BCUT2D eigenvalue weighted by Crippen LogP contribution is -2.14. The van der Waals surface area contributed by atoms with E-state index in [0.717, 1.165) is 16.7 Å². The molecule has 2 rings (SSSR count). The maximum atomic E-state index is 11.9. The topological polar surface area (TPSA) is 62.1 Å². The highest BCUT2D eigenvalue weighted by molar-refractivity contribution is 5.89. The van der Waals surface area contributed by atoms with Crippen LogP contribution in [0.15, 0.2) is 55.1 Å². The summed E-state index contributed by atoms with van der Waals surface area (Å²) in [4.78, 5) is 11.9. The second-order valence-corrected chi connectivity index (χ2v) is 4.84. The lowest BCUT2D eigenvalue weighted by atomic mass is 10.0. The summed E-state index contributed by atoms with van der Waals surface area (Å²) in [6, 6.07) is 16.5. The smallest absolute Gasteiger partial charge is 0.411 e. The van der Waals surface area contributed by atoms with Crippen LogP contribution in [0.4, 0.5) is 10.5 Å². The zero-order valence-electron chi connectivity index (χ0n) is 12.3. The highest BCUT2D eigenvalue weighted by Gasteiger charge is 2.09. The van der Waals surface area contributed by atoms with E-state index in [1.807, 2.05) is 37.3 Å². The highest BCUT2D eigenvalue weighted by atomic mass is 16.5. The number of amides is 1. The van der Waals surface area contributed by atoms with Crippen LogP contribution in [0.5, 0.6) is 0 Å². The van der Waals surface area contributed by atoms with Crippen molar-refractivity contribution < 1.29 is 9.53 Å². The number of benzene rings is 2. The van der Waals surface area contributed by atoms with Crippen molar-refractivity contribution in [3.8, 4) is 6.07 Å². The maximum Gasteiger partial charge on any atom is 0.411 e. The maximum absolute atomic E-state index is 11.9. The average Bonchev–Trinajstić information content (AvgIpc) is 2.54. The summed E-state index contributed by atoms with van der Waals surface area (Å²) in [6.45, 7) is 5.88. The first-order valence-corrected chi connectivity index (χ1v) is 6.78. The van der Waals surface area contributed by atoms with Crippen LogP contribution in [0.2, 0.25) is 0 Å². The number of anilines is 1.